The Morgan fingerprint density at radius 3 is 1.79 bits per heavy atom. The van der Waals surface area contributed by atoms with Gasteiger partial charge in [0.1, 0.15) is 0 Å². The molecule has 1 heteroatoms. The van der Waals surface area contributed by atoms with Gasteiger partial charge in [-0.25, -0.2) is 0 Å². The van der Waals surface area contributed by atoms with E-state index in [1.165, 1.54) is 116 Å². The third-order valence-electron chi connectivity index (χ3n) is 14.4. The number of hydrogen-bond donors (Lipinski definition) is 0. The van der Waals surface area contributed by atoms with Crippen molar-refractivity contribution in [3.05, 3.63) is 293 Å². The molecule has 342 valence electrons. The third kappa shape index (κ3) is 8.39. The van der Waals surface area contributed by atoms with Crippen molar-refractivity contribution in [2.75, 3.05) is 0 Å². The fourth-order valence-corrected chi connectivity index (χ4v) is 12.1. The lowest BCUT2D eigenvalue weighted by molar-refractivity contribution is 0.659. The van der Waals surface area contributed by atoms with E-state index in [-0.39, 0.29) is 10.8 Å². The SMILES string of the molecule is C=C/C(=C\C=C/C)c1ccc2c(c1)-c1ccccc1C2(c1ccccc1)c1ccccc1.CCCc1ccc2c(c1)C(C)(C)c1ccccc1-2.Cc1ccc(-c2ccc3c(c2)sc2ccccc23)cc1. The smallest absolute Gasteiger partial charge is 0.0713 e. The molecule has 0 aliphatic heterocycles. The summed E-state index contributed by atoms with van der Waals surface area (Å²) in [4.78, 5) is 0. The minimum Gasteiger partial charge on any atom is -0.135 e. The van der Waals surface area contributed by atoms with Crippen LogP contribution in [0.5, 0.6) is 0 Å². The fourth-order valence-electron chi connectivity index (χ4n) is 11.0. The molecule has 10 aromatic rings. The van der Waals surface area contributed by atoms with Crippen LogP contribution in [0.4, 0.5) is 0 Å². The molecule has 0 saturated carbocycles. The molecule has 0 saturated heterocycles. The van der Waals surface area contributed by atoms with Crippen LogP contribution in [-0.2, 0) is 17.3 Å². The van der Waals surface area contributed by atoms with Gasteiger partial charge in [-0.3, -0.25) is 0 Å². The minimum atomic E-state index is -0.339. The van der Waals surface area contributed by atoms with E-state index >= 15 is 0 Å². The monoisotopic (exact) mass is 920 g/mol. The summed E-state index contributed by atoms with van der Waals surface area (Å²) in [6.45, 7) is 15.1. The summed E-state index contributed by atoms with van der Waals surface area (Å²) in [5.41, 5.74) is 21.1. The molecule has 0 bridgehead atoms. The van der Waals surface area contributed by atoms with E-state index in [0.717, 1.165) is 5.57 Å². The zero-order valence-electron chi connectivity index (χ0n) is 41.0. The Balaban J connectivity index is 0.000000129. The zero-order chi connectivity index (χ0) is 48.2. The standard InChI is InChI=1S/C32H26.C19H14S.C18H20/c1-3-5-14-24(4-2)25-21-22-31-29(23-25)28-19-12-13-20-30(28)32(31,26-15-8-6-9-16-26)27-17-10-7-11-18-27;1-13-6-8-14(9-7-13)15-10-11-17-16-4-2-3-5-18(16)20-19(17)12-15;1-4-7-13-10-11-15-14-8-5-6-9-16(14)18(2,3)17(15)12-13/h3-23H,2H2,1H3;2-12H,1H3;5-6,8-12H,4,7H2,1-3H3/b5-3-,24-14+;;. The number of aryl methyl sites for hydroxylation is 2. The van der Waals surface area contributed by atoms with Crippen molar-refractivity contribution < 1.29 is 0 Å². The quantitative estimate of drug-likeness (QED) is 0.133. The maximum atomic E-state index is 4.05. The van der Waals surface area contributed by atoms with Crippen molar-refractivity contribution in [1.29, 1.82) is 0 Å². The summed E-state index contributed by atoms with van der Waals surface area (Å²) < 4.78 is 2.73. The van der Waals surface area contributed by atoms with E-state index < -0.39 is 0 Å². The lowest BCUT2D eigenvalue weighted by Gasteiger charge is -2.33. The number of benzene rings is 9. The highest BCUT2D eigenvalue weighted by molar-refractivity contribution is 7.25. The fraction of sp³-hybridized carbons (Fsp3) is 0.130. The summed E-state index contributed by atoms with van der Waals surface area (Å²) in [5, 5.41) is 2.73. The maximum absolute atomic E-state index is 4.05. The highest BCUT2D eigenvalue weighted by Gasteiger charge is 2.46. The second kappa shape index (κ2) is 19.8. The van der Waals surface area contributed by atoms with Crippen molar-refractivity contribution in [2.24, 2.45) is 0 Å². The third-order valence-corrected chi connectivity index (χ3v) is 15.6. The Morgan fingerprint density at radius 1 is 0.514 bits per heavy atom. The van der Waals surface area contributed by atoms with Crippen LogP contribution < -0.4 is 0 Å². The lowest BCUT2D eigenvalue weighted by atomic mass is 9.67. The molecular formula is C69H60S. The molecule has 0 atom stereocenters. The summed E-state index contributed by atoms with van der Waals surface area (Å²) in [5.74, 6) is 0. The van der Waals surface area contributed by atoms with Gasteiger partial charge in [0.15, 0.2) is 0 Å². The van der Waals surface area contributed by atoms with Crippen molar-refractivity contribution in [3.8, 4) is 33.4 Å². The molecule has 12 rings (SSSR count). The van der Waals surface area contributed by atoms with Crippen LogP contribution in [0.3, 0.4) is 0 Å². The molecule has 1 heterocycles. The van der Waals surface area contributed by atoms with Crippen LogP contribution in [0.15, 0.2) is 243 Å². The van der Waals surface area contributed by atoms with Gasteiger partial charge < -0.3 is 0 Å². The summed E-state index contributed by atoms with van der Waals surface area (Å²) in [6.07, 6.45) is 10.6. The van der Waals surface area contributed by atoms with E-state index in [4.69, 9.17) is 0 Å². The maximum Gasteiger partial charge on any atom is 0.0713 e. The topological polar surface area (TPSA) is 0 Å². The Bertz CT molecular complexity index is 3500. The van der Waals surface area contributed by atoms with Gasteiger partial charge in [-0.05, 0) is 122 Å². The number of thiophene rings is 1. The first-order valence-electron chi connectivity index (χ1n) is 24.8. The van der Waals surface area contributed by atoms with Gasteiger partial charge in [0.05, 0.1) is 5.41 Å². The Labute approximate surface area is 419 Å². The molecule has 1 aromatic heterocycles. The second-order valence-corrected chi connectivity index (χ2v) is 20.2. The molecule has 0 N–H and O–H groups in total. The highest BCUT2D eigenvalue weighted by Crippen LogP contribution is 2.56. The van der Waals surface area contributed by atoms with Crippen LogP contribution in [0.1, 0.15) is 84.2 Å². The molecule has 2 aliphatic carbocycles. The van der Waals surface area contributed by atoms with Crippen LogP contribution >= 0.6 is 11.3 Å². The van der Waals surface area contributed by atoms with Gasteiger partial charge in [-0.15, -0.1) is 11.3 Å². The number of allylic oxidation sites excluding steroid dienone is 5. The molecule has 0 unspecified atom stereocenters. The van der Waals surface area contributed by atoms with Gasteiger partial charge in [0.2, 0.25) is 0 Å². The van der Waals surface area contributed by atoms with Crippen LogP contribution in [0, 0.1) is 6.92 Å². The predicted molar refractivity (Wildman–Crippen MR) is 304 cm³/mol. The first-order valence-corrected chi connectivity index (χ1v) is 25.6. The number of rotatable bonds is 8. The predicted octanol–water partition coefficient (Wildman–Crippen LogP) is 19.2. The summed E-state index contributed by atoms with van der Waals surface area (Å²) >= 11 is 1.87. The average Bonchev–Trinajstić information content (AvgIpc) is 4.01. The first-order chi connectivity index (χ1) is 34.3. The molecule has 0 amide bonds. The molecule has 0 radical (unpaired) electrons. The first kappa shape index (κ1) is 46.2. The van der Waals surface area contributed by atoms with Gasteiger partial charge in [0.25, 0.3) is 0 Å². The van der Waals surface area contributed by atoms with Crippen molar-refractivity contribution in [3.63, 3.8) is 0 Å². The number of fused-ring (bicyclic) bond motifs is 9. The molecule has 0 spiro atoms. The molecule has 2 aliphatic rings. The van der Waals surface area contributed by atoms with Crippen LogP contribution in [0.2, 0.25) is 0 Å². The Morgan fingerprint density at radius 2 is 1.10 bits per heavy atom. The minimum absolute atomic E-state index is 0.148. The van der Waals surface area contributed by atoms with Crippen molar-refractivity contribution in [1.82, 2.24) is 0 Å². The molecule has 0 nitrogen and oxygen atoms in total. The normalized spacial score (nSPS) is 13.6. The van der Waals surface area contributed by atoms with E-state index in [0.29, 0.717) is 0 Å². The van der Waals surface area contributed by atoms with Gasteiger partial charge >= 0.3 is 0 Å². The van der Waals surface area contributed by atoms with Gasteiger partial charge in [0, 0.05) is 25.6 Å². The highest BCUT2D eigenvalue weighted by atomic mass is 32.1. The summed E-state index contributed by atoms with van der Waals surface area (Å²) in [6, 6.07) is 77.5. The molecular weight excluding hydrogens is 861 g/mol. The van der Waals surface area contributed by atoms with E-state index in [9.17, 15) is 0 Å². The Hall–Kier alpha value is -7.58. The van der Waals surface area contributed by atoms with Gasteiger partial charge in [-0.2, -0.15) is 0 Å². The lowest BCUT2D eigenvalue weighted by Crippen LogP contribution is -2.28. The summed E-state index contributed by atoms with van der Waals surface area (Å²) in [7, 11) is 0. The molecule has 9 aromatic carbocycles. The molecule has 70 heavy (non-hydrogen) atoms. The van der Waals surface area contributed by atoms with Crippen molar-refractivity contribution >= 4 is 37.1 Å². The van der Waals surface area contributed by atoms with E-state index in [1.54, 1.807) is 0 Å². The zero-order valence-corrected chi connectivity index (χ0v) is 41.9. The average molecular weight is 921 g/mol. The van der Waals surface area contributed by atoms with Crippen LogP contribution in [-0.4, -0.2) is 0 Å². The van der Waals surface area contributed by atoms with Crippen LogP contribution in [0.25, 0.3) is 59.1 Å². The Kier molecular flexibility index (Phi) is 13.1. The molecule has 0 fully saturated rings. The second-order valence-electron chi connectivity index (χ2n) is 19.1. The van der Waals surface area contributed by atoms with E-state index in [1.807, 2.05) is 30.4 Å². The number of hydrogen-bond acceptors (Lipinski definition) is 1. The van der Waals surface area contributed by atoms with Gasteiger partial charge in [-0.1, -0.05) is 258 Å². The van der Waals surface area contributed by atoms with Crippen molar-refractivity contribution in [2.45, 2.75) is 58.3 Å². The largest absolute Gasteiger partial charge is 0.135 e. The van der Waals surface area contributed by atoms with E-state index in [2.05, 4.69) is 259 Å².